The standard InChI is InChI=1S/C11H9NO/c13-11-8-4-7-10(12-11)9-5-2-1-3-6-9/h1-7H,8H2. The summed E-state index contributed by atoms with van der Waals surface area (Å²) in [4.78, 5) is 15.0. The first-order valence-electron chi connectivity index (χ1n) is 4.20. The van der Waals surface area contributed by atoms with Gasteiger partial charge in [-0.15, -0.1) is 0 Å². The minimum absolute atomic E-state index is 0.0682. The maximum Gasteiger partial charge on any atom is 0.250 e. The summed E-state index contributed by atoms with van der Waals surface area (Å²) in [6.45, 7) is 0. The molecule has 0 N–H and O–H groups in total. The van der Waals surface area contributed by atoms with Gasteiger partial charge in [0.05, 0.1) is 5.71 Å². The molecule has 0 unspecified atom stereocenters. The fourth-order valence-corrected chi connectivity index (χ4v) is 1.26. The van der Waals surface area contributed by atoms with Crippen LogP contribution in [0.4, 0.5) is 0 Å². The van der Waals surface area contributed by atoms with E-state index in [0.717, 1.165) is 11.3 Å². The number of rotatable bonds is 1. The average molecular weight is 171 g/mol. The first-order chi connectivity index (χ1) is 6.36. The molecule has 1 aromatic rings. The Hall–Kier alpha value is -1.70. The van der Waals surface area contributed by atoms with Crippen LogP contribution in [-0.2, 0) is 4.79 Å². The second-order valence-corrected chi connectivity index (χ2v) is 2.86. The van der Waals surface area contributed by atoms with Gasteiger partial charge in [-0.2, -0.15) is 0 Å². The highest BCUT2D eigenvalue weighted by atomic mass is 16.1. The number of benzene rings is 1. The SMILES string of the molecule is O=C1CC=CC(c2ccccc2)=N1. The summed E-state index contributed by atoms with van der Waals surface area (Å²) in [5, 5.41) is 0. The van der Waals surface area contributed by atoms with Gasteiger partial charge in [-0.05, 0) is 6.08 Å². The van der Waals surface area contributed by atoms with Gasteiger partial charge in [0, 0.05) is 12.0 Å². The highest BCUT2D eigenvalue weighted by molar-refractivity contribution is 6.14. The van der Waals surface area contributed by atoms with E-state index in [1.807, 2.05) is 42.5 Å². The highest BCUT2D eigenvalue weighted by Gasteiger charge is 2.06. The molecular formula is C11H9NO. The monoisotopic (exact) mass is 171 g/mol. The number of amides is 1. The lowest BCUT2D eigenvalue weighted by molar-refractivity contribution is -0.117. The molecule has 0 aromatic heterocycles. The summed E-state index contributed by atoms with van der Waals surface area (Å²) in [6.07, 6.45) is 4.16. The minimum Gasteiger partial charge on any atom is -0.272 e. The van der Waals surface area contributed by atoms with Gasteiger partial charge in [0.25, 0.3) is 0 Å². The molecule has 64 valence electrons. The van der Waals surface area contributed by atoms with Crippen molar-refractivity contribution in [2.45, 2.75) is 6.42 Å². The molecule has 0 atom stereocenters. The van der Waals surface area contributed by atoms with Crippen molar-refractivity contribution >= 4 is 11.6 Å². The number of nitrogens with zero attached hydrogens (tertiary/aromatic N) is 1. The predicted molar refractivity (Wildman–Crippen MR) is 51.7 cm³/mol. The van der Waals surface area contributed by atoms with E-state index in [4.69, 9.17) is 0 Å². The lowest BCUT2D eigenvalue weighted by Gasteiger charge is -2.04. The van der Waals surface area contributed by atoms with Crippen LogP contribution in [-0.4, -0.2) is 11.6 Å². The number of allylic oxidation sites excluding steroid dienone is 1. The minimum atomic E-state index is -0.0682. The zero-order chi connectivity index (χ0) is 9.10. The molecule has 0 aliphatic carbocycles. The van der Waals surface area contributed by atoms with E-state index in [2.05, 4.69) is 4.99 Å². The van der Waals surface area contributed by atoms with Crippen LogP contribution in [0.5, 0.6) is 0 Å². The van der Waals surface area contributed by atoms with Gasteiger partial charge in [0.2, 0.25) is 5.91 Å². The first kappa shape index (κ1) is 7.92. The Morgan fingerprint density at radius 3 is 2.62 bits per heavy atom. The van der Waals surface area contributed by atoms with Crippen molar-refractivity contribution in [1.82, 2.24) is 0 Å². The molecule has 1 heterocycles. The molecule has 0 spiro atoms. The molecule has 13 heavy (non-hydrogen) atoms. The summed E-state index contributed by atoms with van der Waals surface area (Å²) in [6, 6.07) is 9.71. The molecular weight excluding hydrogens is 162 g/mol. The van der Waals surface area contributed by atoms with E-state index in [-0.39, 0.29) is 5.91 Å². The quantitative estimate of drug-likeness (QED) is 0.635. The van der Waals surface area contributed by atoms with E-state index in [0.29, 0.717) is 6.42 Å². The van der Waals surface area contributed by atoms with Crippen LogP contribution in [0.25, 0.3) is 0 Å². The maximum atomic E-state index is 11.0. The van der Waals surface area contributed by atoms with Crippen molar-refractivity contribution in [3.05, 3.63) is 48.0 Å². The van der Waals surface area contributed by atoms with Gasteiger partial charge >= 0.3 is 0 Å². The normalized spacial score (nSPS) is 15.7. The summed E-state index contributed by atoms with van der Waals surface area (Å²) in [7, 11) is 0. The highest BCUT2D eigenvalue weighted by Crippen LogP contribution is 2.07. The Kier molecular flexibility index (Phi) is 2.04. The largest absolute Gasteiger partial charge is 0.272 e. The molecule has 0 saturated carbocycles. The topological polar surface area (TPSA) is 29.4 Å². The Labute approximate surface area is 76.6 Å². The van der Waals surface area contributed by atoms with E-state index in [1.54, 1.807) is 0 Å². The Balaban J connectivity index is 2.37. The van der Waals surface area contributed by atoms with Crippen LogP contribution >= 0.6 is 0 Å². The van der Waals surface area contributed by atoms with E-state index in [9.17, 15) is 4.79 Å². The van der Waals surface area contributed by atoms with Crippen molar-refractivity contribution in [1.29, 1.82) is 0 Å². The smallest absolute Gasteiger partial charge is 0.250 e. The molecule has 1 amide bonds. The molecule has 0 bridgehead atoms. The van der Waals surface area contributed by atoms with Crippen molar-refractivity contribution in [3.63, 3.8) is 0 Å². The predicted octanol–water partition coefficient (Wildman–Crippen LogP) is 1.96. The zero-order valence-corrected chi connectivity index (χ0v) is 7.10. The Morgan fingerprint density at radius 1 is 1.15 bits per heavy atom. The van der Waals surface area contributed by atoms with Crippen LogP contribution in [0.15, 0.2) is 47.5 Å². The van der Waals surface area contributed by atoms with Crippen molar-refractivity contribution in [2.75, 3.05) is 0 Å². The van der Waals surface area contributed by atoms with Crippen LogP contribution in [0.1, 0.15) is 12.0 Å². The number of hydrogen-bond acceptors (Lipinski definition) is 1. The van der Waals surface area contributed by atoms with Crippen LogP contribution < -0.4 is 0 Å². The van der Waals surface area contributed by atoms with E-state index >= 15 is 0 Å². The van der Waals surface area contributed by atoms with Crippen LogP contribution in [0.2, 0.25) is 0 Å². The fourth-order valence-electron chi connectivity index (χ4n) is 1.26. The molecule has 0 radical (unpaired) electrons. The van der Waals surface area contributed by atoms with Gasteiger partial charge in [0.1, 0.15) is 0 Å². The number of dihydropyridines is 1. The molecule has 0 fully saturated rings. The second-order valence-electron chi connectivity index (χ2n) is 2.86. The number of hydrogen-bond donors (Lipinski definition) is 0. The van der Waals surface area contributed by atoms with Crippen molar-refractivity contribution in [3.8, 4) is 0 Å². The summed E-state index contributed by atoms with van der Waals surface area (Å²) in [5.74, 6) is -0.0682. The third kappa shape index (κ3) is 1.72. The fraction of sp³-hybridized carbons (Fsp3) is 0.0909. The lowest BCUT2D eigenvalue weighted by atomic mass is 10.1. The molecule has 1 aliphatic rings. The maximum absolute atomic E-state index is 11.0. The van der Waals surface area contributed by atoms with Gasteiger partial charge < -0.3 is 0 Å². The molecule has 1 aliphatic heterocycles. The molecule has 1 aromatic carbocycles. The summed E-state index contributed by atoms with van der Waals surface area (Å²) < 4.78 is 0. The molecule has 2 rings (SSSR count). The van der Waals surface area contributed by atoms with Gasteiger partial charge in [0.15, 0.2) is 0 Å². The Bertz CT molecular complexity index is 376. The zero-order valence-electron chi connectivity index (χ0n) is 7.10. The molecule has 2 nitrogen and oxygen atoms in total. The van der Waals surface area contributed by atoms with Crippen molar-refractivity contribution in [2.24, 2.45) is 4.99 Å². The van der Waals surface area contributed by atoms with Crippen LogP contribution in [0, 0.1) is 0 Å². The third-order valence-corrected chi connectivity index (χ3v) is 1.88. The second kappa shape index (κ2) is 3.35. The number of carbonyl (C=O) groups excluding carboxylic acids is 1. The molecule has 0 saturated heterocycles. The third-order valence-electron chi connectivity index (χ3n) is 1.88. The summed E-state index contributed by atoms with van der Waals surface area (Å²) >= 11 is 0. The number of aliphatic imine (C=N–C) groups is 1. The first-order valence-corrected chi connectivity index (χ1v) is 4.20. The summed E-state index contributed by atoms with van der Waals surface area (Å²) in [5.41, 5.74) is 1.75. The van der Waals surface area contributed by atoms with E-state index < -0.39 is 0 Å². The van der Waals surface area contributed by atoms with E-state index in [1.165, 1.54) is 0 Å². The average Bonchev–Trinajstić information content (AvgIpc) is 2.19. The Morgan fingerprint density at radius 2 is 1.92 bits per heavy atom. The van der Waals surface area contributed by atoms with Crippen LogP contribution in [0.3, 0.4) is 0 Å². The lowest BCUT2D eigenvalue weighted by Crippen LogP contribution is -2.06. The van der Waals surface area contributed by atoms with Gasteiger partial charge in [-0.1, -0.05) is 36.4 Å². The van der Waals surface area contributed by atoms with Gasteiger partial charge in [-0.3, -0.25) is 4.79 Å². The number of carbonyl (C=O) groups is 1. The molecule has 2 heteroatoms. The van der Waals surface area contributed by atoms with Crippen molar-refractivity contribution < 1.29 is 4.79 Å². The van der Waals surface area contributed by atoms with Gasteiger partial charge in [-0.25, -0.2) is 4.99 Å².